The summed E-state index contributed by atoms with van der Waals surface area (Å²) >= 11 is 5.91. The van der Waals surface area contributed by atoms with Crippen LogP contribution in [0.2, 0.25) is 5.02 Å². The fourth-order valence-corrected chi connectivity index (χ4v) is 2.39. The number of halogens is 1. The summed E-state index contributed by atoms with van der Waals surface area (Å²) in [5.74, 6) is 0.766. The van der Waals surface area contributed by atoms with Gasteiger partial charge in [-0.25, -0.2) is 0 Å². The van der Waals surface area contributed by atoms with E-state index in [2.05, 4.69) is 24.4 Å². The highest BCUT2D eigenvalue weighted by atomic mass is 35.5. The van der Waals surface area contributed by atoms with E-state index >= 15 is 0 Å². The molecule has 0 heterocycles. The Kier molecular flexibility index (Phi) is 4.87. The SMILES string of the molecule is CCCC(CNC1CC1)Cc1ccc(Cl)cc1. The standard InChI is InChI=1S/C15H22ClN/c1-2-3-13(11-17-15-8-9-15)10-12-4-6-14(16)7-5-12/h4-7,13,15,17H,2-3,8-11H2,1H3. The fraction of sp³-hybridized carbons (Fsp3) is 0.600. The maximum Gasteiger partial charge on any atom is 0.0406 e. The summed E-state index contributed by atoms with van der Waals surface area (Å²) in [6.45, 7) is 3.44. The smallest absolute Gasteiger partial charge is 0.0406 e. The molecule has 1 unspecified atom stereocenters. The van der Waals surface area contributed by atoms with E-state index in [1.165, 1.54) is 44.2 Å². The van der Waals surface area contributed by atoms with Gasteiger partial charge < -0.3 is 5.32 Å². The molecule has 1 aliphatic carbocycles. The van der Waals surface area contributed by atoms with Crippen molar-refractivity contribution in [1.29, 1.82) is 0 Å². The first-order valence-corrected chi connectivity index (χ1v) is 7.13. The Morgan fingerprint density at radius 2 is 2.00 bits per heavy atom. The Hall–Kier alpha value is -0.530. The molecule has 94 valence electrons. The average molecular weight is 252 g/mol. The third kappa shape index (κ3) is 4.69. The van der Waals surface area contributed by atoms with Gasteiger partial charge in [0.1, 0.15) is 0 Å². The van der Waals surface area contributed by atoms with E-state index in [9.17, 15) is 0 Å². The molecule has 1 aromatic carbocycles. The zero-order chi connectivity index (χ0) is 12.1. The Morgan fingerprint density at radius 1 is 1.29 bits per heavy atom. The van der Waals surface area contributed by atoms with Crippen molar-refractivity contribution in [2.45, 2.75) is 45.1 Å². The molecule has 1 fully saturated rings. The van der Waals surface area contributed by atoms with Crippen LogP contribution in [0.15, 0.2) is 24.3 Å². The zero-order valence-corrected chi connectivity index (χ0v) is 11.3. The predicted molar refractivity (Wildman–Crippen MR) is 74.6 cm³/mol. The van der Waals surface area contributed by atoms with Crippen molar-refractivity contribution in [3.05, 3.63) is 34.9 Å². The number of benzene rings is 1. The lowest BCUT2D eigenvalue weighted by atomic mass is 9.95. The van der Waals surface area contributed by atoms with Crippen LogP contribution in [-0.2, 0) is 6.42 Å². The molecule has 17 heavy (non-hydrogen) atoms. The number of rotatable bonds is 7. The summed E-state index contributed by atoms with van der Waals surface area (Å²) in [7, 11) is 0. The number of nitrogens with one attached hydrogen (secondary N) is 1. The molecule has 1 atom stereocenters. The molecule has 0 aliphatic heterocycles. The van der Waals surface area contributed by atoms with Gasteiger partial charge in [-0.15, -0.1) is 0 Å². The number of hydrogen-bond acceptors (Lipinski definition) is 1. The van der Waals surface area contributed by atoms with Crippen molar-refractivity contribution in [2.24, 2.45) is 5.92 Å². The molecule has 0 aromatic heterocycles. The van der Waals surface area contributed by atoms with Gasteiger partial charge in [0.25, 0.3) is 0 Å². The lowest BCUT2D eigenvalue weighted by Gasteiger charge is -2.17. The van der Waals surface area contributed by atoms with Gasteiger partial charge in [0.2, 0.25) is 0 Å². The lowest BCUT2D eigenvalue weighted by Crippen LogP contribution is -2.26. The molecule has 1 saturated carbocycles. The molecule has 1 aliphatic rings. The first-order chi connectivity index (χ1) is 8.28. The Balaban J connectivity index is 1.84. The second-order valence-corrected chi connectivity index (χ2v) is 5.60. The van der Waals surface area contributed by atoms with Gasteiger partial charge in [-0.05, 0) is 55.8 Å². The predicted octanol–water partition coefficient (Wildman–Crippen LogP) is 4.05. The lowest BCUT2D eigenvalue weighted by molar-refractivity contribution is 0.437. The largest absolute Gasteiger partial charge is 0.314 e. The van der Waals surface area contributed by atoms with Crippen LogP contribution in [-0.4, -0.2) is 12.6 Å². The van der Waals surface area contributed by atoms with Crippen molar-refractivity contribution in [1.82, 2.24) is 5.32 Å². The minimum Gasteiger partial charge on any atom is -0.314 e. The maximum atomic E-state index is 5.91. The van der Waals surface area contributed by atoms with Crippen LogP contribution in [0.1, 0.15) is 38.2 Å². The van der Waals surface area contributed by atoms with Crippen molar-refractivity contribution < 1.29 is 0 Å². The van der Waals surface area contributed by atoms with Gasteiger partial charge in [0, 0.05) is 11.1 Å². The highest BCUT2D eigenvalue weighted by molar-refractivity contribution is 6.30. The third-order valence-electron chi connectivity index (χ3n) is 3.41. The van der Waals surface area contributed by atoms with Crippen LogP contribution in [0.5, 0.6) is 0 Å². The monoisotopic (exact) mass is 251 g/mol. The maximum absolute atomic E-state index is 5.91. The van der Waals surface area contributed by atoms with E-state index in [1.54, 1.807) is 0 Å². The minimum atomic E-state index is 0.766. The van der Waals surface area contributed by atoms with Gasteiger partial charge in [0.15, 0.2) is 0 Å². The zero-order valence-electron chi connectivity index (χ0n) is 10.6. The molecular formula is C15H22ClN. The van der Waals surface area contributed by atoms with Crippen molar-refractivity contribution in [3.63, 3.8) is 0 Å². The normalized spacial score (nSPS) is 17.1. The van der Waals surface area contributed by atoms with E-state index in [0.717, 1.165) is 17.0 Å². The van der Waals surface area contributed by atoms with Crippen LogP contribution >= 0.6 is 11.6 Å². The van der Waals surface area contributed by atoms with E-state index in [1.807, 2.05) is 12.1 Å². The van der Waals surface area contributed by atoms with Crippen LogP contribution in [0.4, 0.5) is 0 Å². The summed E-state index contributed by atoms with van der Waals surface area (Å²) in [6.07, 6.45) is 6.50. The molecule has 1 nitrogen and oxygen atoms in total. The summed E-state index contributed by atoms with van der Waals surface area (Å²) < 4.78 is 0. The Labute approximate surface area is 110 Å². The molecule has 1 aromatic rings. The second kappa shape index (κ2) is 6.42. The average Bonchev–Trinajstić information content (AvgIpc) is 3.13. The highest BCUT2D eigenvalue weighted by Crippen LogP contribution is 2.21. The molecule has 2 heteroatoms. The Morgan fingerprint density at radius 3 is 2.59 bits per heavy atom. The van der Waals surface area contributed by atoms with Crippen LogP contribution < -0.4 is 5.32 Å². The van der Waals surface area contributed by atoms with Gasteiger partial charge >= 0.3 is 0 Å². The minimum absolute atomic E-state index is 0.766. The van der Waals surface area contributed by atoms with E-state index < -0.39 is 0 Å². The van der Waals surface area contributed by atoms with Gasteiger partial charge in [0.05, 0.1) is 0 Å². The number of hydrogen-bond donors (Lipinski definition) is 1. The van der Waals surface area contributed by atoms with E-state index in [-0.39, 0.29) is 0 Å². The van der Waals surface area contributed by atoms with Gasteiger partial charge in [-0.3, -0.25) is 0 Å². The van der Waals surface area contributed by atoms with E-state index in [4.69, 9.17) is 11.6 Å². The van der Waals surface area contributed by atoms with Crippen molar-refractivity contribution >= 4 is 11.6 Å². The van der Waals surface area contributed by atoms with Gasteiger partial charge in [-0.1, -0.05) is 37.1 Å². The van der Waals surface area contributed by atoms with Crippen LogP contribution in [0.3, 0.4) is 0 Å². The molecule has 0 radical (unpaired) electrons. The van der Waals surface area contributed by atoms with Gasteiger partial charge in [-0.2, -0.15) is 0 Å². The van der Waals surface area contributed by atoms with Crippen LogP contribution in [0, 0.1) is 5.92 Å². The molecule has 0 saturated heterocycles. The summed E-state index contributed by atoms with van der Waals surface area (Å²) in [4.78, 5) is 0. The first kappa shape index (κ1) is 12.9. The summed E-state index contributed by atoms with van der Waals surface area (Å²) in [6, 6.07) is 9.12. The molecule has 2 rings (SSSR count). The molecule has 0 bridgehead atoms. The molecule has 1 N–H and O–H groups in total. The van der Waals surface area contributed by atoms with Crippen molar-refractivity contribution in [3.8, 4) is 0 Å². The van der Waals surface area contributed by atoms with Crippen LogP contribution in [0.25, 0.3) is 0 Å². The molecule has 0 amide bonds. The Bertz CT molecular complexity index is 329. The highest BCUT2D eigenvalue weighted by Gasteiger charge is 2.21. The summed E-state index contributed by atoms with van der Waals surface area (Å²) in [5, 5.41) is 4.48. The second-order valence-electron chi connectivity index (χ2n) is 5.17. The van der Waals surface area contributed by atoms with Crippen molar-refractivity contribution in [2.75, 3.05) is 6.54 Å². The first-order valence-electron chi connectivity index (χ1n) is 6.75. The quantitative estimate of drug-likeness (QED) is 0.771. The molecule has 0 spiro atoms. The third-order valence-corrected chi connectivity index (χ3v) is 3.66. The fourth-order valence-electron chi connectivity index (χ4n) is 2.26. The topological polar surface area (TPSA) is 12.0 Å². The summed E-state index contributed by atoms with van der Waals surface area (Å²) in [5.41, 5.74) is 1.41. The molecular weight excluding hydrogens is 230 g/mol. The van der Waals surface area contributed by atoms with E-state index in [0.29, 0.717) is 0 Å².